The zero-order chi connectivity index (χ0) is 31.3. The van der Waals surface area contributed by atoms with E-state index in [1.807, 2.05) is 12.2 Å². The quantitative estimate of drug-likeness (QED) is 0.0863. The Bertz CT molecular complexity index is 1900. The zero-order valence-electron chi connectivity index (χ0n) is 23.1. The molecule has 2 unspecified atom stereocenters. The molecule has 0 spiro atoms. The molecular formula is C33H22BrCl3N2O5. The van der Waals surface area contributed by atoms with Gasteiger partial charge in [-0.2, -0.15) is 0 Å². The highest BCUT2D eigenvalue weighted by Crippen LogP contribution is 2.39. The second-order valence-electron chi connectivity index (χ2n) is 10.6. The number of ether oxygens (including phenoxy) is 1. The number of halogens is 4. The number of aromatic nitrogens is 1. The minimum Gasteiger partial charge on any atom is -0.454 e. The van der Waals surface area contributed by atoms with Gasteiger partial charge in [0.15, 0.2) is 6.61 Å². The summed E-state index contributed by atoms with van der Waals surface area (Å²) in [5.41, 5.74) is 3.00. The molecule has 0 bridgehead atoms. The summed E-state index contributed by atoms with van der Waals surface area (Å²) in [5, 5.41) is 1.44. The summed E-state index contributed by atoms with van der Waals surface area (Å²) in [6.07, 6.45) is 5.00. The minimum absolute atomic E-state index is 0.153. The third-order valence-corrected chi connectivity index (χ3v) is 9.83. The van der Waals surface area contributed by atoms with Crippen LogP contribution in [0, 0.1) is 18.8 Å². The van der Waals surface area contributed by atoms with Gasteiger partial charge in [-0.3, -0.25) is 19.3 Å². The van der Waals surface area contributed by atoms with Gasteiger partial charge in [-0.25, -0.2) is 9.78 Å². The molecule has 4 aromatic rings. The highest BCUT2D eigenvalue weighted by atomic mass is 79.9. The maximum Gasteiger partial charge on any atom is 0.339 e. The Hall–Kier alpha value is -3.56. The predicted octanol–water partition coefficient (Wildman–Crippen LogP) is 8.43. The molecule has 0 radical (unpaired) electrons. The van der Waals surface area contributed by atoms with E-state index in [-0.39, 0.29) is 39.8 Å². The van der Waals surface area contributed by atoms with E-state index in [1.165, 1.54) is 23.1 Å². The Morgan fingerprint density at radius 3 is 2.23 bits per heavy atom. The van der Waals surface area contributed by atoms with Crippen LogP contribution in [-0.2, 0) is 14.3 Å². The zero-order valence-corrected chi connectivity index (χ0v) is 26.9. The van der Waals surface area contributed by atoms with Gasteiger partial charge >= 0.3 is 5.97 Å². The molecule has 2 aliphatic rings. The van der Waals surface area contributed by atoms with Crippen LogP contribution in [0.2, 0.25) is 15.1 Å². The first kappa shape index (κ1) is 30.5. The Kier molecular flexibility index (Phi) is 8.37. The number of hydrogen-bond donors (Lipinski definition) is 0. The molecule has 2 heterocycles. The molecule has 0 N–H and O–H groups in total. The van der Waals surface area contributed by atoms with E-state index in [0.717, 1.165) is 0 Å². The van der Waals surface area contributed by atoms with Gasteiger partial charge < -0.3 is 4.74 Å². The van der Waals surface area contributed by atoms with Crippen LogP contribution in [0.25, 0.3) is 22.2 Å². The Morgan fingerprint density at radius 1 is 0.932 bits per heavy atom. The van der Waals surface area contributed by atoms with Crippen molar-refractivity contribution in [3.05, 3.63) is 103 Å². The van der Waals surface area contributed by atoms with Crippen molar-refractivity contribution < 1.29 is 23.9 Å². The standard InChI is InChI=1S/C33H22BrCl3N2O5/c1-16-29(37)25(34)13-23-24(33(43)44-15-28(40)22-11-8-18(35)12-26(22)36)14-27(38-30(16)23)17-6-9-19(10-7-17)39-31(41)20-4-2-3-5-21(20)32(39)42/h2-3,6-14,20-21H,4-5,15H2,1H3. The lowest BCUT2D eigenvalue weighted by Gasteiger charge is -2.16. The lowest BCUT2D eigenvalue weighted by Crippen LogP contribution is -2.30. The molecule has 1 aliphatic heterocycles. The Labute approximate surface area is 275 Å². The molecule has 11 heteroatoms. The first-order valence-corrected chi connectivity index (χ1v) is 15.6. The maximum atomic E-state index is 13.5. The molecular weight excluding hydrogens is 691 g/mol. The summed E-state index contributed by atoms with van der Waals surface area (Å²) in [4.78, 5) is 58.4. The lowest BCUT2D eigenvalue weighted by atomic mass is 9.85. The fourth-order valence-corrected chi connectivity index (χ4v) is 6.80. The highest BCUT2D eigenvalue weighted by molar-refractivity contribution is 9.10. The van der Waals surface area contributed by atoms with Gasteiger partial charge in [0.25, 0.3) is 0 Å². The lowest BCUT2D eigenvalue weighted by molar-refractivity contribution is -0.122. The van der Waals surface area contributed by atoms with Crippen LogP contribution in [0.15, 0.2) is 71.2 Å². The predicted molar refractivity (Wildman–Crippen MR) is 174 cm³/mol. The van der Waals surface area contributed by atoms with E-state index in [0.29, 0.717) is 60.8 Å². The molecule has 222 valence electrons. The number of carbonyl (C=O) groups is 4. The van der Waals surface area contributed by atoms with Crippen molar-refractivity contribution in [3.8, 4) is 11.3 Å². The number of amides is 2. The van der Waals surface area contributed by atoms with E-state index in [1.54, 1.807) is 43.3 Å². The molecule has 2 atom stereocenters. The summed E-state index contributed by atoms with van der Waals surface area (Å²) in [5.74, 6) is -2.30. The molecule has 3 aromatic carbocycles. The molecule has 44 heavy (non-hydrogen) atoms. The maximum absolute atomic E-state index is 13.5. The van der Waals surface area contributed by atoms with E-state index in [2.05, 4.69) is 15.9 Å². The van der Waals surface area contributed by atoms with Crippen LogP contribution in [0.1, 0.15) is 39.1 Å². The monoisotopic (exact) mass is 710 g/mol. The summed E-state index contributed by atoms with van der Waals surface area (Å²) < 4.78 is 6.02. The van der Waals surface area contributed by atoms with Crippen LogP contribution in [0.3, 0.4) is 0 Å². The number of pyridine rings is 1. The molecule has 1 saturated heterocycles. The summed E-state index contributed by atoms with van der Waals surface area (Å²) in [7, 11) is 0. The average Bonchev–Trinajstić information content (AvgIpc) is 3.27. The SMILES string of the molecule is Cc1c(Cl)c(Br)cc2c(C(=O)OCC(=O)c3ccc(Cl)cc3Cl)cc(-c3ccc(N4C(=O)C5CC=CCC5C4=O)cc3)nc12. The van der Waals surface area contributed by atoms with Crippen molar-refractivity contribution in [2.24, 2.45) is 11.8 Å². The van der Waals surface area contributed by atoms with Gasteiger partial charge in [0.2, 0.25) is 17.6 Å². The average molecular weight is 713 g/mol. The number of rotatable bonds is 6. The molecule has 7 nitrogen and oxygen atoms in total. The number of fused-ring (bicyclic) bond motifs is 2. The minimum atomic E-state index is -0.744. The summed E-state index contributed by atoms with van der Waals surface area (Å²) in [6, 6.07) is 14.6. The van der Waals surface area contributed by atoms with Crippen molar-refractivity contribution in [1.29, 1.82) is 0 Å². The number of benzene rings is 3. The van der Waals surface area contributed by atoms with Crippen molar-refractivity contribution >= 4 is 90.9 Å². The van der Waals surface area contributed by atoms with Crippen molar-refractivity contribution in [3.63, 3.8) is 0 Å². The number of imide groups is 1. The fourth-order valence-electron chi connectivity index (χ4n) is 5.62. The topological polar surface area (TPSA) is 93.6 Å². The summed E-state index contributed by atoms with van der Waals surface area (Å²) >= 11 is 22.0. The van der Waals surface area contributed by atoms with Crippen LogP contribution in [-0.4, -0.2) is 35.2 Å². The van der Waals surface area contributed by atoms with Crippen LogP contribution in [0.4, 0.5) is 5.69 Å². The largest absolute Gasteiger partial charge is 0.454 e. The van der Waals surface area contributed by atoms with Gasteiger partial charge in [-0.1, -0.05) is 59.1 Å². The van der Waals surface area contributed by atoms with Crippen LogP contribution in [0.5, 0.6) is 0 Å². The second-order valence-corrected chi connectivity index (χ2v) is 12.7. The van der Waals surface area contributed by atoms with E-state index in [4.69, 9.17) is 44.5 Å². The van der Waals surface area contributed by atoms with Gasteiger partial charge in [0.05, 0.1) is 44.3 Å². The molecule has 6 rings (SSSR count). The van der Waals surface area contributed by atoms with E-state index >= 15 is 0 Å². The highest BCUT2D eigenvalue weighted by Gasteiger charge is 2.47. The first-order chi connectivity index (χ1) is 21.0. The third kappa shape index (κ3) is 5.45. The second kappa shape index (κ2) is 12.1. The number of anilines is 1. The normalized spacial score (nSPS) is 17.7. The van der Waals surface area contributed by atoms with Gasteiger partial charge in [-0.15, -0.1) is 0 Å². The van der Waals surface area contributed by atoms with E-state index in [9.17, 15) is 19.2 Å². The Morgan fingerprint density at radius 2 is 1.59 bits per heavy atom. The van der Waals surface area contributed by atoms with Crippen molar-refractivity contribution in [1.82, 2.24) is 4.98 Å². The van der Waals surface area contributed by atoms with Gasteiger partial charge in [-0.05, 0) is 83.7 Å². The van der Waals surface area contributed by atoms with Crippen molar-refractivity contribution in [2.45, 2.75) is 19.8 Å². The summed E-state index contributed by atoms with van der Waals surface area (Å²) in [6.45, 7) is 1.24. The number of Topliss-reactive ketones (excluding diaryl/α,β-unsaturated/α-hetero) is 1. The third-order valence-electron chi connectivity index (χ3n) is 7.94. The number of esters is 1. The smallest absolute Gasteiger partial charge is 0.339 e. The molecule has 0 saturated carbocycles. The number of aryl methyl sites for hydroxylation is 1. The number of nitrogens with zero attached hydrogens (tertiary/aromatic N) is 2. The molecule has 1 aromatic heterocycles. The fraction of sp³-hybridized carbons (Fsp3) is 0.182. The van der Waals surface area contributed by atoms with Gasteiger partial charge in [0, 0.05) is 26.0 Å². The number of hydrogen-bond acceptors (Lipinski definition) is 6. The van der Waals surface area contributed by atoms with Crippen LogP contribution < -0.4 is 4.90 Å². The van der Waals surface area contributed by atoms with E-state index < -0.39 is 18.4 Å². The molecule has 1 aliphatic carbocycles. The number of ketones is 1. The first-order valence-electron chi connectivity index (χ1n) is 13.6. The Balaban J connectivity index is 1.33. The molecule has 2 amide bonds. The number of carbonyl (C=O) groups excluding carboxylic acids is 4. The van der Waals surface area contributed by atoms with Gasteiger partial charge in [0.1, 0.15) is 0 Å². The molecule has 1 fully saturated rings. The number of allylic oxidation sites excluding steroid dienone is 2. The van der Waals surface area contributed by atoms with Crippen LogP contribution >= 0.6 is 50.7 Å². The van der Waals surface area contributed by atoms with Crippen molar-refractivity contribution in [2.75, 3.05) is 11.5 Å².